The Morgan fingerprint density at radius 2 is 1.84 bits per heavy atom. The second-order valence-corrected chi connectivity index (χ2v) is 6.08. The van der Waals surface area contributed by atoms with Crippen molar-refractivity contribution >= 4 is 5.91 Å². The molecule has 132 valence electrons. The first-order valence-corrected chi connectivity index (χ1v) is 8.24. The van der Waals surface area contributed by atoms with Gasteiger partial charge in [-0.05, 0) is 24.1 Å². The molecule has 2 rings (SSSR count). The molecule has 0 aliphatic carbocycles. The second kappa shape index (κ2) is 9.12. The number of hydrogen-bond donors (Lipinski definition) is 1. The zero-order chi connectivity index (χ0) is 18.2. The Labute approximate surface area is 146 Å². The molecule has 1 N–H and O–H groups in total. The van der Waals surface area contributed by atoms with Crippen LogP contribution in [0.2, 0.25) is 0 Å². The van der Waals surface area contributed by atoms with Crippen molar-refractivity contribution in [2.45, 2.75) is 31.4 Å². The number of benzene rings is 1. The Morgan fingerprint density at radius 1 is 1.24 bits per heavy atom. The van der Waals surface area contributed by atoms with Crippen molar-refractivity contribution in [1.29, 1.82) is 10.5 Å². The number of β-amino-alcohol motifs (C(OH)–C–C–N with tert-alkyl or cyclic N) is 1. The number of aliphatic hydroxyl groups excluding tert-OH is 1. The molecule has 7 heteroatoms. The van der Waals surface area contributed by atoms with Gasteiger partial charge in [0.2, 0.25) is 5.91 Å². The molecule has 1 aromatic rings. The average Bonchev–Trinajstić information content (AvgIpc) is 2.96. The van der Waals surface area contributed by atoms with Crippen LogP contribution < -0.4 is 0 Å². The molecule has 0 unspecified atom stereocenters. The van der Waals surface area contributed by atoms with Gasteiger partial charge in [0.1, 0.15) is 5.82 Å². The van der Waals surface area contributed by atoms with E-state index in [1.54, 1.807) is 12.1 Å². The highest BCUT2D eigenvalue weighted by Gasteiger charge is 2.34. The van der Waals surface area contributed by atoms with E-state index in [9.17, 15) is 14.3 Å². The van der Waals surface area contributed by atoms with Gasteiger partial charge in [0.15, 0.2) is 0 Å². The van der Waals surface area contributed by atoms with Crippen LogP contribution in [0.4, 0.5) is 4.39 Å². The Kier molecular flexibility index (Phi) is 6.88. The number of rotatable bonds is 7. The van der Waals surface area contributed by atoms with Crippen molar-refractivity contribution in [3.8, 4) is 12.1 Å². The summed E-state index contributed by atoms with van der Waals surface area (Å²) in [4.78, 5) is 16.0. The fourth-order valence-electron chi connectivity index (χ4n) is 3.09. The zero-order valence-corrected chi connectivity index (χ0v) is 13.9. The molecule has 1 fully saturated rings. The third-order valence-electron chi connectivity index (χ3n) is 4.31. The molecule has 1 aliphatic rings. The fraction of sp³-hybridized carbons (Fsp3) is 0.500. The maximum absolute atomic E-state index is 13.1. The summed E-state index contributed by atoms with van der Waals surface area (Å²) >= 11 is 0. The van der Waals surface area contributed by atoms with Crippen molar-refractivity contribution in [2.24, 2.45) is 0 Å². The van der Waals surface area contributed by atoms with Crippen LogP contribution in [0, 0.1) is 28.5 Å². The van der Waals surface area contributed by atoms with Crippen molar-refractivity contribution in [2.75, 3.05) is 26.2 Å². The topological polar surface area (TPSA) is 91.4 Å². The Hall–Kier alpha value is -2.48. The van der Waals surface area contributed by atoms with Crippen LogP contribution in [0.1, 0.15) is 30.9 Å². The van der Waals surface area contributed by atoms with Crippen LogP contribution >= 0.6 is 0 Å². The molecule has 1 aromatic carbocycles. The summed E-state index contributed by atoms with van der Waals surface area (Å²) in [6, 6.07) is 9.91. The third kappa shape index (κ3) is 5.25. The molecule has 1 saturated heterocycles. The van der Waals surface area contributed by atoms with Crippen LogP contribution in [0.5, 0.6) is 0 Å². The van der Waals surface area contributed by atoms with Crippen LogP contribution in [0.3, 0.4) is 0 Å². The number of halogens is 1. The Bertz CT molecular complexity index is 647. The summed E-state index contributed by atoms with van der Waals surface area (Å²) < 4.78 is 13.1. The predicted octanol–water partition coefficient (Wildman–Crippen LogP) is 1.59. The molecule has 0 aromatic heterocycles. The molecule has 0 saturated carbocycles. The summed E-state index contributed by atoms with van der Waals surface area (Å²) in [7, 11) is 0. The van der Waals surface area contributed by atoms with E-state index in [2.05, 4.69) is 0 Å². The van der Waals surface area contributed by atoms with Gasteiger partial charge in [0.25, 0.3) is 0 Å². The molecule has 0 spiro atoms. The van der Waals surface area contributed by atoms with Crippen LogP contribution in [0.25, 0.3) is 0 Å². The Morgan fingerprint density at radius 3 is 2.40 bits per heavy atom. The lowest BCUT2D eigenvalue weighted by atomic mass is 10.0. The third-order valence-corrected chi connectivity index (χ3v) is 4.31. The predicted molar refractivity (Wildman–Crippen MR) is 88.4 cm³/mol. The van der Waals surface area contributed by atoms with Crippen LogP contribution in [0.15, 0.2) is 24.3 Å². The van der Waals surface area contributed by atoms with Gasteiger partial charge in [-0.3, -0.25) is 9.69 Å². The number of carbonyl (C=O) groups excluding carboxylic acids is 1. The summed E-state index contributed by atoms with van der Waals surface area (Å²) in [6.45, 7) is 1.03. The van der Waals surface area contributed by atoms with Crippen LogP contribution in [-0.2, 0) is 4.79 Å². The molecule has 0 radical (unpaired) electrons. The summed E-state index contributed by atoms with van der Waals surface area (Å²) in [5.74, 6) is -0.504. The molecular formula is C18H21FN4O2. The number of nitriles is 2. The van der Waals surface area contributed by atoms with E-state index in [0.29, 0.717) is 13.0 Å². The lowest BCUT2D eigenvalue weighted by Gasteiger charge is -2.28. The number of hydrogen-bond acceptors (Lipinski definition) is 5. The van der Waals surface area contributed by atoms with E-state index in [1.807, 2.05) is 17.0 Å². The first-order valence-electron chi connectivity index (χ1n) is 8.24. The van der Waals surface area contributed by atoms with Crippen molar-refractivity contribution in [1.82, 2.24) is 9.80 Å². The van der Waals surface area contributed by atoms with Crippen LogP contribution in [-0.4, -0.2) is 53.1 Å². The molecule has 25 heavy (non-hydrogen) atoms. The average molecular weight is 344 g/mol. The van der Waals surface area contributed by atoms with Gasteiger partial charge in [0, 0.05) is 25.7 Å². The normalized spacial score (nSPS) is 20.0. The van der Waals surface area contributed by atoms with Crippen molar-refractivity contribution in [3.63, 3.8) is 0 Å². The molecule has 6 nitrogen and oxygen atoms in total. The second-order valence-electron chi connectivity index (χ2n) is 6.08. The molecule has 2 atom stereocenters. The van der Waals surface area contributed by atoms with Gasteiger partial charge in [-0.25, -0.2) is 4.39 Å². The minimum Gasteiger partial charge on any atom is -0.392 e. The lowest BCUT2D eigenvalue weighted by molar-refractivity contribution is -0.132. The molecule has 1 heterocycles. The maximum Gasteiger partial charge on any atom is 0.236 e. The quantitative estimate of drug-likeness (QED) is 0.811. The SMILES string of the molecule is N#CCCN(CCC#N)C(=O)CN1C[C@@H](O)C[C@@H]1c1ccc(F)cc1. The van der Waals surface area contributed by atoms with Gasteiger partial charge in [-0.1, -0.05) is 12.1 Å². The number of carbonyl (C=O) groups is 1. The van der Waals surface area contributed by atoms with E-state index in [-0.39, 0.29) is 50.2 Å². The highest BCUT2D eigenvalue weighted by molar-refractivity contribution is 5.78. The number of nitrogens with zero attached hydrogens (tertiary/aromatic N) is 4. The summed E-state index contributed by atoms with van der Waals surface area (Å²) in [6.07, 6.45) is 0.354. The number of amides is 1. The van der Waals surface area contributed by atoms with Gasteiger partial charge >= 0.3 is 0 Å². The largest absolute Gasteiger partial charge is 0.392 e. The standard InChI is InChI=1S/C18H21FN4O2/c19-15-5-3-14(4-6-15)17-11-16(24)12-23(17)13-18(25)22(9-1-7-20)10-2-8-21/h3-6,16-17,24H,1-2,9-13H2/t16-,17+/m0/s1. The smallest absolute Gasteiger partial charge is 0.236 e. The van der Waals surface area contributed by atoms with Gasteiger partial charge in [0.05, 0.1) is 37.6 Å². The van der Waals surface area contributed by atoms with Crippen molar-refractivity contribution in [3.05, 3.63) is 35.6 Å². The fourth-order valence-corrected chi connectivity index (χ4v) is 3.09. The number of likely N-dealkylation sites (tertiary alicyclic amines) is 1. The maximum atomic E-state index is 13.1. The van der Waals surface area contributed by atoms with E-state index >= 15 is 0 Å². The van der Waals surface area contributed by atoms with E-state index < -0.39 is 6.10 Å². The first-order chi connectivity index (χ1) is 12.0. The van der Waals surface area contributed by atoms with E-state index in [0.717, 1.165) is 5.56 Å². The molecule has 1 amide bonds. The number of aliphatic hydroxyl groups is 1. The highest BCUT2D eigenvalue weighted by atomic mass is 19.1. The first kappa shape index (κ1) is 18.9. The summed E-state index contributed by atoms with van der Waals surface area (Å²) in [5.41, 5.74) is 0.853. The molecule has 1 aliphatic heterocycles. The minimum atomic E-state index is -0.547. The van der Waals surface area contributed by atoms with Gasteiger partial charge in [-0.15, -0.1) is 0 Å². The van der Waals surface area contributed by atoms with Crippen molar-refractivity contribution < 1.29 is 14.3 Å². The highest BCUT2D eigenvalue weighted by Crippen LogP contribution is 2.32. The molecule has 0 bridgehead atoms. The molecular weight excluding hydrogens is 323 g/mol. The van der Waals surface area contributed by atoms with E-state index in [1.165, 1.54) is 17.0 Å². The van der Waals surface area contributed by atoms with Gasteiger partial charge < -0.3 is 10.0 Å². The summed E-state index contributed by atoms with van der Waals surface area (Å²) in [5, 5.41) is 27.4. The minimum absolute atomic E-state index is 0.0932. The monoisotopic (exact) mass is 344 g/mol. The van der Waals surface area contributed by atoms with Gasteiger partial charge in [-0.2, -0.15) is 10.5 Å². The lowest BCUT2D eigenvalue weighted by Crippen LogP contribution is -2.41. The Balaban J connectivity index is 2.06. The van der Waals surface area contributed by atoms with E-state index in [4.69, 9.17) is 10.5 Å². The zero-order valence-electron chi connectivity index (χ0n) is 13.9.